The van der Waals surface area contributed by atoms with Gasteiger partial charge in [0.15, 0.2) is 0 Å². The molecule has 2 amide bonds. The van der Waals surface area contributed by atoms with Crippen LogP contribution in [0.15, 0.2) is 65.2 Å². The number of hydrogen-bond acceptors (Lipinski definition) is 5. The third-order valence-corrected chi connectivity index (χ3v) is 7.69. The summed E-state index contributed by atoms with van der Waals surface area (Å²) in [7, 11) is 0. The Morgan fingerprint density at radius 1 is 0.975 bits per heavy atom. The van der Waals surface area contributed by atoms with Gasteiger partial charge in [0.1, 0.15) is 5.76 Å². The smallest absolute Gasteiger partial charge is 0.254 e. The van der Waals surface area contributed by atoms with Crippen LogP contribution in [0.4, 0.5) is 0 Å². The van der Waals surface area contributed by atoms with Crippen LogP contribution in [-0.2, 0) is 11.3 Å². The maximum atomic E-state index is 13.6. The molecule has 8 heteroatoms. The Labute approximate surface area is 232 Å². The van der Waals surface area contributed by atoms with E-state index >= 15 is 0 Å². The lowest BCUT2D eigenvalue weighted by atomic mass is 9.97. The first kappa shape index (κ1) is 25.8. The average molecular weight is 537 g/mol. The summed E-state index contributed by atoms with van der Waals surface area (Å²) in [5.41, 5.74) is 12.2. The van der Waals surface area contributed by atoms with Crippen LogP contribution in [0.3, 0.4) is 0 Å². The minimum absolute atomic E-state index is 0.0339. The van der Waals surface area contributed by atoms with Crippen molar-refractivity contribution in [3.05, 3.63) is 88.8 Å². The van der Waals surface area contributed by atoms with Crippen LogP contribution in [0, 0.1) is 13.8 Å². The third kappa shape index (κ3) is 4.44. The van der Waals surface area contributed by atoms with Crippen LogP contribution in [0.25, 0.3) is 32.9 Å². The molecule has 0 bridgehead atoms. The van der Waals surface area contributed by atoms with E-state index in [1.807, 2.05) is 75.1 Å². The van der Waals surface area contributed by atoms with Crippen LogP contribution in [0.5, 0.6) is 0 Å². The zero-order chi connectivity index (χ0) is 28.1. The van der Waals surface area contributed by atoms with Gasteiger partial charge in [0.25, 0.3) is 5.91 Å². The molecule has 0 spiro atoms. The molecule has 8 nitrogen and oxygen atoms in total. The quantitative estimate of drug-likeness (QED) is 0.321. The molecule has 0 saturated carbocycles. The van der Waals surface area contributed by atoms with Crippen molar-refractivity contribution in [2.24, 2.45) is 5.73 Å². The summed E-state index contributed by atoms with van der Waals surface area (Å²) >= 11 is 0. The molecule has 0 radical (unpaired) electrons. The van der Waals surface area contributed by atoms with Crippen molar-refractivity contribution in [3.63, 3.8) is 0 Å². The number of primary amides is 1. The number of carbonyl (C=O) groups is 2. The van der Waals surface area contributed by atoms with Gasteiger partial charge in [0, 0.05) is 52.6 Å². The Morgan fingerprint density at radius 2 is 1.70 bits per heavy atom. The van der Waals surface area contributed by atoms with Crippen molar-refractivity contribution in [1.29, 1.82) is 0 Å². The Morgan fingerprint density at radius 3 is 2.35 bits per heavy atom. The van der Waals surface area contributed by atoms with E-state index in [-0.39, 0.29) is 18.1 Å². The van der Waals surface area contributed by atoms with Crippen molar-refractivity contribution >= 4 is 33.6 Å². The van der Waals surface area contributed by atoms with E-state index in [4.69, 9.17) is 15.0 Å². The van der Waals surface area contributed by atoms with Crippen molar-refractivity contribution in [2.75, 3.05) is 13.1 Å². The minimum Gasteiger partial charge on any atom is -0.372 e. The summed E-state index contributed by atoms with van der Waals surface area (Å²) < 4.78 is 13.5. The highest BCUT2D eigenvalue weighted by molar-refractivity contribution is 6.20. The largest absolute Gasteiger partial charge is 0.372 e. The van der Waals surface area contributed by atoms with Gasteiger partial charge in [-0.05, 0) is 69.2 Å². The number of nitrogens with two attached hydrogens (primary N) is 1. The number of fused-ring (bicyclic) bond motifs is 3. The Hall–Kier alpha value is -4.43. The summed E-state index contributed by atoms with van der Waals surface area (Å²) in [6.07, 6.45) is -0.0677. The highest BCUT2D eigenvalue weighted by Gasteiger charge is 2.28. The van der Waals surface area contributed by atoms with Crippen LogP contribution < -0.4 is 5.73 Å². The summed E-state index contributed by atoms with van der Waals surface area (Å²) in [4.78, 5) is 28.4. The molecule has 0 unspecified atom stereocenters. The number of ether oxygens (including phenoxy) is 1. The molecule has 40 heavy (non-hydrogen) atoms. The second-order valence-electron chi connectivity index (χ2n) is 10.8. The fraction of sp³-hybridized carbons (Fsp3) is 0.281. The molecule has 3 heterocycles. The molecular formula is C32H32N4O4. The molecule has 204 valence electrons. The number of rotatable bonds is 5. The highest BCUT2D eigenvalue weighted by atomic mass is 16.5. The average Bonchev–Trinajstić information content (AvgIpc) is 3.43. The van der Waals surface area contributed by atoms with E-state index in [0.29, 0.717) is 36.5 Å². The number of hydrogen-bond donors (Lipinski definition) is 1. The minimum atomic E-state index is -0.537. The van der Waals surface area contributed by atoms with Gasteiger partial charge in [-0.2, -0.15) is 0 Å². The first-order valence-corrected chi connectivity index (χ1v) is 13.5. The second-order valence-corrected chi connectivity index (χ2v) is 10.8. The molecule has 1 fully saturated rings. The van der Waals surface area contributed by atoms with Crippen molar-refractivity contribution in [1.82, 2.24) is 14.6 Å². The predicted molar refractivity (Wildman–Crippen MR) is 154 cm³/mol. The van der Waals surface area contributed by atoms with Crippen LogP contribution in [0.1, 0.15) is 51.6 Å². The SMILES string of the molecule is Cc1noc(C)c1-c1cc(C(N)=O)c2c3cc(C(=O)N4C[C@@H](C)O[C@@H](C)C4)ccc3n(Cc3ccccc3)c2c1. The Kier molecular flexibility index (Phi) is 6.43. The molecule has 1 aliphatic rings. The Balaban J connectivity index is 1.60. The fourth-order valence-corrected chi connectivity index (χ4v) is 6.05. The molecule has 2 N–H and O–H groups in total. The molecule has 1 saturated heterocycles. The number of benzene rings is 3. The zero-order valence-corrected chi connectivity index (χ0v) is 23.1. The Bertz CT molecular complexity index is 1740. The number of aromatic nitrogens is 2. The maximum Gasteiger partial charge on any atom is 0.254 e. The van der Waals surface area contributed by atoms with Crippen molar-refractivity contribution in [3.8, 4) is 11.1 Å². The van der Waals surface area contributed by atoms with E-state index in [0.717, 1.165) is 44.2 Å². The van der Waals surface area contributed by atoms with Gasteiger partial charge < -0.3 is 24.5 Å². The summed E-state index contributed by atoms with van der Waals surface area (Å²) in [6, 6.07) is 19.8. The molecular weight excluding hydrogens is 504 g/mol. The second kappa shape index (κ2) is 9.95. The zero-order valence-electron chi connectivity index (χ0n) is 23.1. The van der Waals surface area contributed by atoms with Gasteiger partial charge in [0.05, 0.1) is 23.4 Å². The van der Waals surface area contributed by atoms with Crippen LogP contribution in [-0.4, -0.2) is 51.7 Å². The van der Waals surface area contributed by atoms with Gasteiger partial charge in [-0.15, -0.1) is 0 Å². The number of aryl methyl sites for hydroxylation is 2. The standard InChI is InChI=1S/C32H32N4O4/c1-18-15-35(16-19(2)39-18)32(38)23-10-11-27-25(12-23)30-26(31(33)37)13-24(29-20(3)34-40-21(29)4)14-28(30)36(27)17-22-8-6-5-7-9-22/h5-14,18-19H,15-17H2,1-4H3,(H2,33,37)/t18-,19+. The summed E-state index contributed by atoms with van der Waals surface area (Å²) in [5.74, 6) is 0.0746. The topological polar surface area (TPSA) is 104 Å². The first-order valence-electron chi connectivity index (χ1n) is 13.5. The van der Waals surface area contributed by atoms with E-state index in [2.05, 4.69) is 27.9 Å². The molecule has 3 aromatic carbocycles. The van der Waals surface area contributed by atoms with E-state index in [1.54, 1.807) is 0 Å². The summed E-state index contributed by atoms with van der Waals surface area (Å²) in [5, 5.41) is 5.66. The van der Waals surface area contributed by atoms with E-state index < -0.39 is 5.91 Å². The normalized spacial score (nSPS) is 17.6. The lowest BCUT2D eigenvalue weighted by Gasteiger charge is -2.35. The lowest BCUT2D eigenvalue weighted by Crippen LogP contribution is -2.48. The van der Waals surface area contributed by atoms with Gasteiger partial charge in [-0.1, -0.05) is 35.5 Å². The van der Waals surface area contributed by atoms with Gasteiger partial charge in [-0.25, -0.2) is 0 Å². The van der Waals surface area contributed by atoms with Gasteiger partial charge in [-0.3, -0.25) is 9.59 Å². The van der Waals surface area contributed by atoms with E-state index in [9.17, 15) is 9.59 Å². The van der Waals surface area contributed by atoms with Crippen molar-refractivity contribution in [2.45, 2.75) is 46.4 Å². The third-order valence-electron chi connectivity index (χ3n) is 7.69. The number of amides is 2. The molecule has 1 aliphatic heterocycles. The van der Waals surface area contributed by atoms with Crippen LogP contribution in [0.2, 0.25) is 0 Å². The molecule has 2 atom stereocenters. The molecule has 2 aromatic heterocycles. The predicted octanol–water partition coefficient (Wildman–Crippen LogP) is 5.46. The molecule has 6 rings (SSSR count). The van der Waals surface area contributed by atoms with Crippen molar-refractivity contribution < 1.29 is 18.8 Å². The number of nitrogens with zero attached hydrogens (tertiary/aromatic N) is 3. The lowest BCUT2D eigenvalue weighted by molar-refractivity contribution is -0.0586. The fourth-order valence-electron chi connectivity index (χ4n) is 6.05. The van der Waals surface area contributed by atoms with Gasteiger partial charge in [0.2, 0.25) is 5.91 Å². The highest BCUT2D eigenvalue weighted by Crippen LogP contribution is 2.38. The first-order chi connectivity index (χ1) is 19.2. The van der Waals surface area contributed by atoms with E-state index in [1.165, 1.54) is 0 Å². The monoisotopic (exact) mass is 536 g/mol. The molecule has 0 aliphatic carbocycles. The number of carbonyl (C=O) groups excluding carboxylic acids is 2. The van der Waals surface area contributed by atoms with Gasteiger partial charge >= 0.3 is 0 Å². The molecule has 5 aromatic rings. The maximum absolute atomic E-state index is 13.6. The summed E-state index contributed by atoms with van der Waals surface area (Å²) in [6.45, 7) is 9.33. The number of morpholine rings is 1. The van der Waals surface area contributed by atoms with Crippen LogP contribution >= 0.6 is 0 Å².